The largest absolute Gasteiger partial charge is 0.378 e. The van der Waals surface area contributed by atoms with Gasteiger partial charge in [0.05, 0.1) is 18.8 Å². The van der Waals surface area contributed by atoms with Crippen molar-refractivity contribution in [2.24, 2.45) is 0 Å². The van der Waals surface area contributed by atoms with Crippen molar-refractivity contribution in [1.82, 2.24) is 19.3 Å². The number of morpholine rings is 1. The Balaban J connectivity index is 1.35. The molecule has 2 aliphatic heterocycles. The number of ether oxygens (including phenoxy) is 1. The van der Waals surface area contributed by atoms with E-state index in [0.717, 1.165) is 43.5 Å². The molecule has 0 N–H and O–H groups in total. The number of carbonyl (C=O) groups is 1. The van der Waals surface area contributed by atoms with E-state index in [4.69, 9.17) is 4.74 Å². The number of amides is 1. The van der Waals surface area contributed by atoms with Crippen LogP contribution in [-0.4, -0.2) is 77.7 Å². The van der Waals surface area contributed by atoms with Crippen LogP contribution in [0.3, 0.4) is 0 Å². The molecule has 2 fully saturated rings. The van der Waals surface area contributed by atoms with Crippen molar-refractivity contribution >= 4 is 23.2 Å². The summed E-state index contributed by atoms with van der Waals surface area (Å²) in [6, 6.07) is 10.0. The maximum Gasteiger partial charge on any atom is 0.255 e. The van der Waals surface area contributed by atoms with Gasteiger partial charge in [-0.2, -0.15) is 0 Å². The molecule has 0 unspecified atom stereocenters. The van der Waals surface area contributed by atoms with E-state index in [1.807, 2.05) is 29.3 Å². The van der Waals surface area contributed by atoms with Gasteiger partial charge in [0.2, 0.25) is 5.95 Å². The van der Waals surface area contributed by atoms with Crippen LogP contribution in [0.5, 0.6) is 0 Å². The Bertz CT molecular complexity index is 991. The molecular weight excluding hydrogens is 368 g/mol. The van der Waals surface area contributed by atoms with Crippen LogP contribution >= 0.6 is 0 Å². The summed E-state index contributed by atoms with van der Waals surface area (Å²) in [5, 5.41) is 0. The number of hydrogen-bond donors (Lipinski definition) is 0. The Morgan fingerprint density at radius 3 is 2.31 bits per heavy atom. The Hall–Kier alpha value is -3.13. The second kappa shape index (κ2) is 7.71. The lowest BCUT2D eigenvalue weighted by Crippen LogP contribution is -2.47. The summed E-state index contributed by atoms with van der Waals surface area (Å²) < 4.78 is 7.49. The summed E-state index contributed by atoms with van der Waals surface area (Å²) in [7, 11) is 0. The molecule has 0 radical (unpaired) electrons. The van der Waals surface area contributed by atoms with Gasteiger partial charge in [0.25, 0.3) is 5.91 Å². The van der Waals surface area contributed by atoms with Gasteiger partial charge >= 0.3 is 0 Å². The Morgan fingerprint density at radius 1 is 0.862 bits per heavy atom. The van der Waals surface area contributed by atoms with Crippen molar-refractivity contribution in [3.8, 4) is 0 Å². The summed E-state index contributed by atoms with van der Waals surface area (Å²) in [5.41, 5.74) is 1.81. The quantitative estimate of drug-likeness (QED) is 0.674. The molecule has 1 amide bonds. The van der Waals surface area contributed by atoms with Gasteiger partial charge in [0.15, 0.2) is 0 Å². The highest BCUT2D eigenvalue weighted by Crippen LogP contribution is 2.23. The maximum absolute atomic E-state index is 12.9. The van der Waals surface area contributed by atoms with E-state index in [-0.39, 0.29) is 5.91 Å². The van der Waals surface area contributed by atoms with Crippen LogP contribution in [0.1, 0.15) is 10.4 Å². The average Bonchev–Trinajstić information content (AvgIpc) is 3.23. The zero-order valence-corrected chi connectivity index (χ0v) is 16.3. The fourth-order valence-electron chi connectivity index (χ4n) is 4.01. The van der Waals surface area contributed by atoms with Gasteiger partial charge in [-0.1, -0.05) is 0 Å². The normalized spacial score (nSPS) is 17.7. The minimum Gasteiger partial charge on any atom is -0.378 e. The number of piperazine rings is 1. The molecule has 0 aliphatic carbocycles. The number of hydrogen-bond acceptors (Lipinski definition) is 6. The number of nitrogens with zero attached hydrogens (tertiary/aromatic N) is 6. The van der Waals surface area contributed by atoms with Crippen LogP contribution < -0.4 is 9.80 Å². The van der Waals surface area contributed by atoms with Crippen molar-refractivity contribution in [2.75, 3.05) is 62.3 Å². The van der Waals surface area contributed by atoms with Gasteiger partial charge in [-0.3, -0.25) is 4.79 Å². The third-order valence-electron chi connectivity index (χ3n) is 5.61. The predicted octanol–water partition coefficient (Wildman–Crippen LogP) is 1.53. The van der Waals surface area contributed by atoms with Crippen molar-refractivity contribution < 1.29 is 9.53 Å². The fraction of sp³-hybridized carbons (Fsp3) is 0.381. The first-order valence-electron chi connectivity index (χ1n) is 10.0. The zero-order valence-electron chi connectivity index (χ0n) is 16.3. The highest BCUT2D eigenvalue weighted by Gasteiger charge is 2.22. The smallest absolute Gasteiger partial charge is 0.255 e. The standard InChI is InChI=1S/C21H24N6O2/c28-20(25-12-14-29-15-13-25)17-2-3-18-4-5-19(27(18)16-17)24-8-10-26(11-9-24)21-22-6-1-7-23-21/h1-7,16H,8-15H2. The fourth-order valence-corrected chi connectivity index (χ4v) is 4.01. The van der Waals surface area contributed by atoms with E-state index >= 15 is 0 Å². The lowest BCUT2D eigenvalue weighted by Gasteiger charge is -2.35. The van der Waals surface area contributed by atoms with E-state index in [9.17, 15) is 4.79 Å². The molecule has 8 nitrogen and oxygen atoms in total. The SMILES string of the molecule is O=C(c1ccc2ccc(N3CCN(c4ncccn4)CC3)n2c1)N1CCOCC1. The van der Waals surface area contributed by atoms with Gasteiger partial charge in [0.1, 0.15) is 5.82 Å². The molecule has 2 saturated heterocycles. The Morgan fingerprint density at radius 2 is 1.55 bits per heavy atom. The van der Waals surface area contributed by atoms with E-state index in [2.05, 4.69) is 36.3 Å². The lowest BCUT2D eigenvalue weighted by molar-refractivity contribution is 0.0302. The number of fused-ring (bicyclic) bond motifs is 1. The van der Waals surface area contributed by atoms with E-state index in [1.54, 1.807) is 12.4 Å². The predicted molar refractivity (Wildman–Crippen MR) is 111 cm³/mol. The highest BCUT2D eigenvalue weighted by atomic mass is 16.5. The molecule has 8 heteroatoms. The van der Waals surface area contributed by atoms with Crippen LogP contribution in [0, 0.1) is 0 Å². The number of carbonyl (C=O) groups excluding carboxylic acids is 1. The summed E-state index contributed by atoms with van der Waals surface area (Å²) in [6.45, 7) is 6.01. The van der Waals surface area contributed by atoms with Gasteiger partial charge < -0.3 is 23.8 Å². The first-order valence-corrected chi connectivity index (χ1v) is 10.0. The summed E-state index contributed by atoms with van der Waals surface area (Å²) in [5.74, 6) is 1.97. The van der Waals surface area contributed by atoms with E-state index < -0.39 is 0 Å². The van der Waals surface area contributed by atoms with Crippen molar-refractivity contribution in [3.63, 3.8) is 0 Å². The minimum atomic E-state index is 0.0703. The summed E-state index contributed by atoms with van der Waals surface area (Å²) in [4.78, 5) is 28.0. The molecule has 0 atom stereocenters. The molecule has 0 aromatic carbocycles. The number of aromatic nitrogens is 3. The lowest BCUT2D eigenvalue weighted by atomic mass is 10.2. The zero-order chi connectivity index (χ0) is 19.6. The van der Waals surface area contributed by atoms with Gasteiger partial charge in [0, 0.05) is 63.4 Å². The van der Waals surface area contributed by atoms with Gasteiger partial charge in [-0.15, -0.1) is 0 Å². The van der Waals surface area contributed by atoms with Crippen molar-refractivity contribution in [3.05, 3.63) is 54.5 Å². The molecule has 0 bridgehead atoms. The molecule has 5 rings (SSSR count). The van der Waals surface area contributed by atoms with Gasteiger partial charge in [-0.25, -0.2) is 9.97 Å². The van der Waals surface area contributed by atoms with Gasteiger partial charge in [-0.05, 0) is 30.3 Å². The highest BCUT2D eigenvalue weighted by molar-refractivity contribution is 5.94. The molecule has 0 spiro atoms. The maximum atomic E-state index is 12.9. The second-order valence-corrected chi connectivity index (χ2v) is 7.33. The van der Waals surface area contributed by atoms with Crippen LogP contribution in [0.25, 0.3) is 5.52 Å². The molecule has 5 heterocycles. The molecule has 3 aromatic rings. The Kier molecular flexibility index (Phi) is 4.77. The van der Waals surface area contributed by atoms with Crippen LogP contribution in [-0.2, 0) is 4.74 Å². The second-order valence-electron chi connectivity index (χ2n) is 7.33. The first kappa shape index (κ1) is 17.9. The number of anilines is 2. The third kappa shape index (κ3) is 3.51. The topological polar surface area (TPSA) is 66.2 Å². The molecule has 29 heavy (non-hydrogen) atoms. The molecular formula is C21H24N6O2. The number of pyridine rings is 1. The van der Waals surface area contributed by atoms with Crippen molar-refractivity contribution in [2.45, 2.75) is 0 Å². The summed E-state index contributed by atoms with van der Waals surface area (Å²) >= 11 is 0. The molecule has 2 aliphatic rings. The van der Waals surface area contributed by atoms with Crippen LogP contribution in [0.2, 0.25) is 0 Å². The number of rotatable bonds is 3. The summed E-state index contributed by atoms with van der Waals surface area (Å²) in [6.07, 6.45) is 5.53. The molecule has 0 saturated carbocycles. The van der Waals surface area contributed by atoms with E-state index in [0.29, 0.717) is 31.9 Å². The first-order chi connectivity index (χ1) is 14.3. The monoisotopic (exact) mass is 392 g/mol. The van der Waals surface area contributed by atoms with Crippen LogP contribution in [0.4, 0.5) is 11.8 Å². The minimum absolute atomic E-state index is 0.0703. The van der Waals surface area contributed by atoms with Crippen molar-refractivity contribution in [1.29, 1.82) is 0 Å². The average molecular weight is 392 g/mol. The Labute approximate surface area is 169 Å². The molecule has 150 valence electrons. The molecule has 3 aromatic heterocycles. The van der Waals surface area contributed by atoms with E-state index in [1.165, 1.54) is 0 Å². The van der Waals surface area contributed by atoms with Crippen LogP contribution in [0.15, 0.2) is 48.9 Å². The third-order valence-corrected chi connectivity index (χ3v) is 5.61.